The zero-order chi connectivity index (χ0) is 11.6. The van der Waals surface area contributed by atoms with Crippen LogP contribution in [0.4, 0.5) is 0 Å². The van der Waals surface area contributed by atoms with E-state index in [2.05, 4.69) is 5.32 Å². The molecule has 1 rings (SSSR count). The average molecular weight is 249 g/mol. The molecule has 2 atom stereocenters. The van der Waals surface area contributed by atoms with Crippen molar-refractivity contribution in [3.63, 3.8) is 0 Å². The number of carbonyl (C=O) groups excluding carboxylic acids is 2. The molecule has 94 valence electrons. The van der Waals surface area contributed by atoms with Gasteiger partial charge in [0.2, 0.25) is 5.78 Å². The van der Waals surface area contributed by atoms with Crippen molar-refractivity contribution in [2.45, 2.75) is 52.1 Å². The number of nitrogens with one attached hydrogen (secondary N) is 1. The minimum atomic E-state index is -0.606. The molecule has 0 radical (unpaired) electrons. The van der Waals surface area contributed by atoms with Crippen LogP contribution >= 0.6 is 12.4 Å². The third kappa shape index (κ3) is 4.10. The standard InChI is InChI=1S/C11H20N2O2.ClH/c1-11(2,3)9(14)10(15)13-8-5-4-7(12)6-8;/h7-8H,4-6,12H2,1-3H3,(H,13,15);1H/t7-,8+;/m0./s1. The van der Waals surface area contributed by atoms with Crippen LogP contribution in [-0.2, 0) is 9.59 Å². The summed E-state index contributed by atoms with van der Waals surface area (Å²) in [5.74, 6) is -0.829. The molecular weight excluding hydrogens is 228 g/mol. The number of Topliss-reactive ketones (excluding diaryl/α,β-unsaturated/α-hetero) is 1. The number of amides is 1. The van der Waals surface area contributed by atoms with Crippen molar-refractivity contribution in [1.82, 2.24) is 5.32 Å². The molecule has 0 aromatic carbocycles. The number of rotatable bonds is 2. The molecule has 1 amide bonds. The smallest absolute Gasteiger partial charge is 0.288 e. The number of ketones is 1. The summed E-state index contributed by atoms with van der Waals surface area (Å²) in [7, 11) is 0. The van der Waals surface area contributed by atoms with Crippen LogP contribution in [0.15, 0.2) is 0 Å². The lowest BCUT2D eigenvalue weighted by Gasteiger charge is -2.18. The van der Waals surface area contributed by atoms with E-state index < -0.39 is 11.3 Å². The number of nitrogens with two attached hydrogens (primary N) is 1. The van der Waals surface area contributed by atoms with Gasteiger partial charge in [-0.15, -0.1) is 12.4 Å². The SMILES string of the molecule is CC(C)(C)C(=O)C(=O)N[C@@H]1CC[C@H](N)C1.Cl. The Balaban J connectivity index is 0.00000225. The molecule has 1 aliphatic carbocycles. The van der Waals surface area contributed by atoms with E-state index in [0.717, 1.165) is 19.3 Å². The predicted octanol–water partition coefficient (Wildman–Crippen LogP) is 1.02. The molecule has 0 saturated heterocycles. The van der Waals surface area contributed by atoms with E-state index >= 15 is 0 Å². The first-order valence-corrected chi connectivity index (χ1v) is 5.41. The molecule has 5 heteroatoms. The first kappa shape index (κ1) is 15.4. The zero-order valence-corrected chi connectivity index (χ0v) is 10.9. The fourth-order valence-electron chi connectivity index (χ4n) is 1.74. The topological polar surface area (TPSA) is 72.2 Å². The normalized spacial score (nSPS) is 24.8. The van der Waals surface area contributed by atoms with E-state index in [0.29, 0.717) is 0 Å². The summed E-state index contributed by atoms with van der Waals surface area (Å²) in [6.07, 6.45) is 2.59. The summed E-state index contributed by atoms with van der Waals surface area (Å²) in [6, 6.07) is 0.249. The van der Waals surface area contributed by atoms with Crippen molar-refractivity contribution >= 4 is 24.1 Å². The lowest BCUT2D eigenvalue weighted by Crippen LogP contribution is -2.43. The maximum atomic E-state index is 11.6. The van der Waals surface area contributed by atoms with Crippen molar-refractivity contribution in [3.8, 4) is 0 Å². The summed E-state index contributed by atoms with van der Waals surface area (Å²) < 4.78 is 0. The number of hydrogen-bond acceptors (Lipinski definition) is 3. The van der Waals surface area contributed by atoms with Crippen molar-refractivity contribution in [2.24, 2.45) is 11.1 Å². The molecule has 16 heavy (non-hydrogen) atoms. The van der Waals surface area contributed by atoms with Gasteiger partial charge in [-0.1, -0.05) is 20.8 Å². The summed E-state index contributed by atoms with van der Waals surface area (Å²) >= 11 is 0. The molecule has 4 nitrogen and oxygen atoms in total. The van der Waals surface area contributed by atoms with E-state index in [-0.39, 0.29) is 30.3 Å². The lowest BCUT2D eigenvalue weighted by atomic mass is 9.90. The number of halogens is 1. The second kappa shape index (κ2) is 5.64. The second-order valence-corrected chi connectivity index (χ2v) is 5.32. The summed E-state index contributed by atoms with van der Waals surface area (Å²) in [5, 5.41) is 2.75. The van der Waals surface area contributed by atoms with Gasteiger partial charge in [0.1, 0.15) is 0 Å². The van der Waals surface area contributed by atoms with E-state index in [4.69, 9.17) is 5.73 Å². The molecule has 0 unspecified atom stereocenters. The minimum absolute atomic E-state index is 0. The maximum absolute atomic E-state index is 11.6. The monoisotopic (exact) mass is 248 g/mol. The Labute approximate surface area is 103 Å². The summed E-state index contributed by atoms with van der Waals surface area (Å²) in [5.41, 5.74) is 5.12. The van der Waals surface area contributed by atoms with Crippen LogP contribution in [-0.4, -0.2) is 23.8 Å². The quantitative estimate of drug-likeness (QED) is 0.717. The molecular formula is C11H21ClN2O2. The molecule has 1 aliphatic rings. The Bertz CT molecular complexity index is 274. The van der Waals surface area contributed by atoms with E-state index in [1.807, 2.05) is 0 Å². The van der Waals surface area contributed by atoms with Crippen LogP contribution in [0.3, 0.4) is 0 Å². The Morgan fingerprint density at radius 1 is 1.25 bits per heavy atom. The van der Waals surface area contributed by atoms with Gasteiger partial charge in [-0.3, -0.25) is 9.59 Å². The fraction of sp³-hybridized carbons (Fsp3) is 0.818. The van der Waals surface area contributed by atoms with Crippen LogP contribution in [0.25, 0.3) is 0 Å². The van der Waals surface area contributed by atoms with Gasteiger partial charge in [0.05, 0.1) is 0 Å². The van der Waals surface area contributed by atoms with Gasteiger partial charge in [0, 0.05) is 17.5 Å². The Morgan fingerprint density at radius 3 is 2.19 bits per heavy atom. The maximum Gasteiger partial charge on any atom is 0.288 e. The van der Waals surface area contributed by atoms with Gasteiger partial charge in [-0.25, -0.2) is 0 Å². The number of hydrogen-bond donors (Lipinski definition) is 2. The molecule has 0 aliphatic heterocycles. The fourth-order valence-corrected chi connectivity index (χ4v) is 1.74. The van der Waals surface area contributed by atoms with E-state index in [1.165, 1.54) is 0 Å². The highest BCUT2D eigenvalue weighted by atomic mass is 35.5. The molecule has 0 spiro atoms. The number of carbonyl (C=O) groups is 2. The highest BCUT2D eigenvalue weighted by molar-refractivity contribution is 6.37. The largest absolute Gasteiger partial charge is 0.347 e. The third-order valence-electron chi connectivity index (χ3n) is 2.70. The third-order valence-corrected chi connectivity index (χ3v) is 2.70. The molecule has 0 heterocycles. The van der Waals surface area contributed by atoms with Crippen LogP contribution in [0.2, 0.25) is 0 Å². The Hall–Kier alpha value is -0.610. The first-order valence-electron chi connectivity index (χ1n) is 5.41. The highest BCUT2D eigenvalue weighted by Crippen LogP contribution is 2.19. The summed E-state index contributed by atoms with van der Waals surface area (Å²) in [4.78, 5) is 23.1. The van der Waals surface area contributed by atoms with Crippen LogP contribution in [0.1, 0.15) is 40.0 Å². The molecule has 0 aromatic rings. The van der Waals surface area contributed by atoms with Crippen molar-refractivity contribution < 1.29 is 9.59 Å². The van der Waals surface area contributed by atoms with E-state index in [9.17, 15) is 9.59 Å². The Kier molecular flexibility index (Phi) is 5.42. The van der Waals surface area contributed by atoms with Gasteiger partial charge in [-0.2, -0.15) is 0 Å². The van der Waals surface area contributed by atoms with Crippen LogP contribution in [0.5, 0.6) is 0 Å². The highest BCUT2D eigenvalue weighted by Gasteiger charge is 2.31. The van der Waals surface area contributed by atoms with Gasteiger partial charge in [0.25, 0.3) is 5.91 Å². The molecule has 1 saturated carbocycles. The molecule has 0 bridgehead atoms. The zero-order valence-electron chi connectivity index (χ0n) is 10.1. The van der Waals surface area contributed by atoms with Gasteiger partial charge < -0.3 is 11.1 Å². The lowest BCUT2D eigenvalue weighted by molar-refractivity contribution is -0.142. The predicted molar refractivity (Wildman–Crippen MR) is 65.5 cm³/mol. The summed E-state index contributed by atoms with van der Waals surface area (Å²) in [6.45, 7) is 5.24. The molecule has 1 fully saturated rings. The van der Waals surface area contributed by atoms with Crippen molar-refractivity contribution in [3.05, 3.63) is 0 Å². The molecule has 0 aromatic heterocycles. The van der Waals surface area contributed by atoms with Crippen molar-refractivity contribution in [2.75, 3.05) is 0 Å². The Morgan fingerprint density at radius 2 is 1.81 bits per heavy atom. The second-order valence-electron chi connectivity index (χ2n) is 5.32. The van der Waals surface area contributed by atoms with Crippen molar-refractivity contribution in [1.29, 1.82) is 0 Å². The van der Waals surface area contributed by atoms with Gasteiger partial charge in [0.15, 0.2) is 0 Å². The van der Waals surface area contributed by atoms with Gasteiger partial charge in [-0.05, 0) is 19.3 Å². The average Bonchev–Trinajstić information content (AvgIpc) is 2.48. The van der Waals surface area contributed by atoms with Gasteiger partial charge >= 0.3 is 0 Å². The van der Waals surface area contributed by atoms with Crippen LogP contribution < -0.4 is 11.1 Å². The minimum Gasteiger partial charge on any atom is -0.347 e. The van der Waals surface area contributed by atoms with Crippen LogP contribution in [0, 0.1) is 5.41 Å². The first-order chi connectivity index (χ1) is 6.80. The van der Waals surface area contributed by atoms with E-state index in [1.54, 1.807) is 20.8 Å². The molecule has 3 N–H and O–H groups in total.